The highest BCUT2D eigenvalue weighted by Gasteiger charge is 2.27. The summed E-state index contributed by atoms with van der Waals surface area (Å²) in [5.74, 6) is 1.38. The molecule has 0 radical (unpaired) electrons. The number of nitrogens with one attached hydrogen (secondary N) is 1. The number of H-pyrrole nitrogens is 1. The summed E-state index contributed by atoms with van der Waals surface area (Å²) in [6, 6.07) is 4.64. The molecule has 2 N–H and O–H groups in total. The van der Waals surface area contributed by atoms with E-state index in [9.17, 15) is 5.11 Å². The molecule has 4 rings (SSSR count). The summed E-state index contributed by atoms with van der Waals surface area (Å²) in [4.78, 5) is 12.3. The van der Waals surface area contributed by atoms with Gasteiger partial charge in [0.15, 0.2) is 0 Å². The molecule has 1 atom stereocenters. The highest BCUT2D eigenvalue weighted by Crippen LogP contribution is 2.39. The number of aliphatic hydroxyl groups excluding tert-OH is 1. The summed E-state index contributed by atoms with van der Waals surface area (Å²) in [6.07, 6.45) is 9.12. The number of hydrogen-bond donors (Lipinski definition) is 2. The van der Waals surface area contributed by atoms with Crippen LogP contribution in [-0.2, 0) is 0 Å². The first-order chi connectivity index (χ1) is 12.2. The Hall–Kier alpha value is -2.39. The number of fused-ring (bicyclic) bond motifs is 3. The lowest BCUT2D eigenvalue weighted by molar-refractivity contribution is 0.174. The van der Waals surface area contributed by atoms with Gasteiger partial charge < -0.3 is 14.7 Å². The predicted octanol–water partition coefficient (Wildman–Crippen LogP) is 4.00. The lowest BCUT2D eigenvalue weighted by Gasteiger charge is -2.31. The van der Waals surface area contributed by atoms with Crippen molar-refractivity contribution in [2.75, 3.05) is 0 Å². The minimum atomic E-state index is -0.613. The molecule has 0 amide bonds. The van der Waals surface area contributed by atoms with E-state index in [1.807, 2.05) is 12.3 Å². The molecule has 6 nitrogen and oxygen atoms in total. The maximum atomic E-state index is 10.3. The second-order valence-electron chi connectivity index (χ2n) is 7.12. The molecule has 1 aliphatic carbocycles. The normalized spacial score (nSPS) is 22.3. The van der Waals surface area contributed by atoms with Gasteiger partial charge in [-0.25, -0.2) is 9.97 Å². The monoisotopic (exact) mass is 337 g/mol. The highest BCUT2D eigenvalue weighted by molar-refractivity contribution is 6.01. The van der Waals surface area contributed by atoms with Crippen molar-refractivity contribution in [3.05, 3.63) is 24.3 Å². The third-order valence-corrected chi connectivity index (χ3v) is 5.48. The third-order valence-electron chi connectivity index (χ3n) is 5.48. The summed E-state index contributed by atoms with van der Waals surface area (Å²) in [7, 11) is 0. The van der Waals surface area contributed by atoms with Crippen molar-refractivity contribution in [3.8, 4) is 6.07 Å². The lowest BCUT2D eigenvalue weighted by atomic mass is 9.83. The van der Waals surface area contributed by atoms with Crippen LogP contribution >= 0.6 is 0 Å². The molecule has 0 spiro atoms. The number of imidazole rings is 1. The highest BCUT2D eigenvalue weighted by atomic mass is 16.3. The van der Waals surface area contributed by atoms with E-state index in [0.717, 1.165) is 60.0 Å². The van der Waals surface area contributed by atoms with Crippen molar-refractivity contribution in [3.63, 3.8) is 0 Å². The summed E-state index contributed by atoms with van der Waals surface area (Å²) in [6.45, 7) is 1.78. The summed E-state index contributed by atoms with van der Waals surface area (Å²) < 4.78 is 2.25. The van der Waals surface area contributed by atoms with Gasteiger partial charge in [0.2, 0.25) is 0 Å². The van der Waals surface area contributed by atoms with Crippen LogP contribution < -0.4 is 0 Å². The van der Waals surface area contributed by atoms with E-state index in [4.69, 9.17) is 5.26 Å². The van der Waals surface area contributed by atoms with Crippen molar-refractivity contribution in [2.45, 2.75) is 57.6 Å². The van der Waals surface area contributed by atoms with E-state index >= 15 is 0 Å². The number of aromatic nitrogens is 4. The van der Waals surface area contributed by atoms with Gasteiger partial charge in [-0.3, -0.25) is 0 Å². The average molecular weight is 337 g/mol. The topological polar surface area (TPSA) is 90.5 Å². The van der Waals surface area contributed by atoms with Crippen molar-refractivity contribution in [1.29, 1.82) is 5.26 Å². The molecule has 3 aromatic rings. The fourth-order valence-electron chi connectivity index (χ4n) is 4.23. The van der Waals surface area contributed by atoms with Crippen LogP contribution in [0.4, 0.5) is 0 Å². The Kier molecular flexibility index (Phi) is 4.18. The van der Waals surface area contributed by atoms with E-state index in [-0.39, 0.29) is 0 Å². The standard InChI is InChI=1S/C19H23N5O/c1-12(25)19-23-16-11-22-18-15(8-10-21-18)17(16)24(19)14-6-4-13(5-7-14)3-2-9-20/h8,10-14,25H,2-7H2,1H3,(H,21,22). The van der Waals surface area contributed by atoms with Crippen molar-refractivity contribution >= 4 is 22.1 Å². The molecule has 3 aromatic heterocycles. The Morgan fingerprint density at radius 2 is 2.20 bits per heavy atom. The fraction of sp³-hybridized carbons (Fsp3) is 0.526. The fourth-order valence-corrected chi connectivity index (χ4v) is 4.23. The Morgan fingerprint density at radius 1 is 1.40 bits per heavy atom. The van der Waals surface area contributed by atoms with E-state index in [2.05, 4.69) is 25.6 Å². The zero-order valence-corrected chi connectivity index (χ0v) is 14.4. The average Bonchev–Trinajstić information content (AvgIpc) is 3.24. The Labute approximate surface area is 146 Å². The number of aliphatic hydroxyl groups is 1. The number of rotatable bonds is 4. The first-order valence-electron chi connectivity index (χ1n) is 9.08. The Balaban J connectivity index is 1.74. The predicted molar refractivity (Wildman–Crippen MR) is 95.9 cm³/mol. The van der Waals surface area contributed by atoms with Crippen LogP contribution in [0.15, 0.2) is 18.5 Å². The molecule has 0 saturated heterocycles. The molecule has 0 aromatic carbocycles. The summed E-state index contributed by atoms with van der Waals surface area (Å²) in [5.41, 5.74) is 2.77. The molecule has 0 aliphatic heterocycles. The van der Waals surface area contributed by atoms with Crippen LogP contribution in [0.25, 0.3) is 22.1 Å². The van der Waals surface area contributed by atoms with Gasteiger partial charge in [0.25, 0.3) is 0 Å². The van der Waals surface area contributed by atoms with Crippen LogP contribution in [0.2, 0.25) is 0 Å². The van der Waals surface area contributed by atoms with E-state index in [1.165, 1.54) is 0 Å². The molecule has 3 heterocycles. The summed E-state index contributed by atoms with van der Waals surface area (Å²) >= 11 is 0. The molecule has 130 valence electrons. The zero-order valence-electron chi connectivity index (χ0n) is 14.4. The van der Waals surface area contributed by atoms with E-state index in [0.29, 0.717) is 18.4 Å². The first-order valence-corrected chi connectivity index (χ1v) is 9.08. The van der Waals surface area contributed by atoms with Gasteiger partial charge in [-0.1, -0.05) is 0 Å². The molecular formula is C19H23N5O. The molecule has 25 heavy (non-hydrogen) atoms. The number of nitriles is 1. The minimum absolute atomic E-state index is 0.341. The SMILES string of the molecule is CC(O)c1nc2cnc3[nH]ccc3c2n1C1CCC(CCC#N)CC1. The molecule has 1 unspecified atom stereocenters. The van der Waals surface area contributed by atoms with Gasteiger partial charge in [-0.05, 0) is 51.0 Å². The van der Waals surface area contributed by atoms with E-state index < -0.39 is 6.10 Å². The second kappa shape index (κ2) is 6.49. The Bertz CT molecular complexity index is 924. The molecule has 1 saturated carbocycles. The smallest absolute Gasteiger partial charge is 0.139 e. The third kappa shape index (κ3) is 2.79. The molecule has 1 aliphatic rings. The number of pyridine rings is 1. The molecule has 0 bridgehead atoms. The quantitative estimate of drug-likeness (QED) is 0.753. The van der Waals surface area contributed by atoms with Gasteiger partial charge in [0, 0.05) is 24.0 Å². The first kappa shape index (κ1) is 16.1. The maximum absolute atomic E-state index is 10.3. The second-order valence-corrected chi connectivity index (χ2v) is 7.12. The van der Waals surface area contributed by atoms with Crippen molar-refractivity contribution in [1.82, 2.24) is 19.5 Å². The van der Waals surface area contributed by atoms with E-state index in [1.54, 1.807) is 13.1 Å². The lowest BCUT2D eigenvalue weighted by Crippen LogP contribution is -2.20. The van der Waals surface area contributed by atoms with Crippen LogP contribution in [0.1, 0.15) is 63.4 Å². The van der Waals surface area contributed by atoms with Gasteiger partial charge in [0.05, 0.1) is 17.8 Å². The molecule has 6 heteroatoms. The van der Waals surface area contributed by atoms with Gasteiger partial charge >= 0.3 is 0 Å². The van der Waals surface area contributed by atoms with Gasteiger partial charge in [0.1, 0.15) is 23.1 Å². The zero-order chi connectivity index (χ0) is 17.4. The van der Waals surface area contributed by atoms with Crippen LogP contribution in [-0.4, -0.2) is 24.6 Å². The van der Waals surface area contributed by atoms with Crippen LogP contribution in [0.3, 0.4) is 0 Å². The largest absolute Gasteiger partial charge is 0.385 e. The number of hydrogen-bond acceptors (Lipinski definition) is 4. The maximum Gasteiger partial charge on any atom is 0.139 e. The van der Waals surface area contributed by atoms with Crippen LogP contribution in [0.5, 0.6) is 0 Å². The molecule has 1 fully saturated rings. The Morgan fingerprint density at radius 3 is 2.92 bits per heavy atom. The van der Waals surface area contributed by atoms with Crippen LogP contribution in [0, 0.1) is 17.2 Å². The molecular weight excluding hydrogens is 314 g/mol. The summed E-state index contributed by atoms with van der Waals surface area (Å²) in [5, 5.41) is 20.1. The van der Waals surface area contributed by atoms with Gasteiger partial charge in [-0.15, -0.1) is 0 Å². The van der Waals surface area contributed by atoms with Gasteiger partial charge in [-0.2, -0.15) is 5.26 Å². The van der Waals surface area contributed by atoms with Crippen molar-refractivity contribution < 1.29 is 5.11 Å². The van der Waals surface area contributed by atoms with Crippen molar-refractivity contribution in [2.24, 2.45) is 5.92 Å². The number of aromatic amines is 1. The minimum Gasteiger partial charge on any atom is -0.385 e. The number of nitrogens with zero attached hydrogens (tertiary/aromatic N) is 4.